The number of hydrogen-bond donors (Lipinski definition) is 0. The van der Waals surface area contributed by atoms with Crippen LogP contribution in [0.3, 0.4) is 0 Å². The van der Waals surface area contributed by atoms with E-state index in [0.29, 0.717) is 5.78 Å². The first-order valence-corrected chi connectivity index (χ1v) is 4.46. The summed E-state index contributed by atoms with van der Waals surface area (Å²) in [6.45, 7) is 0. The molecule has 0 bridgehead atoms. The molecule has 0 fully saturated rings. The second-order valence-corrected chi connectivity index (χ2v) is 3.31. The van der Waals surface area contributed by atoms with Crippen LogP contribution in [0.2, 0.25) is 0 Å². The summed E-state index contributed by atoms with van der Waals surface area (Å²) < 4.78 is 0. The van der Waals surface area contributed by atoms with Crippen LogP contribution in [0.5, 0.6) is 0 Å². The first-order chi connectivity index (χ1) is 5.86. The lowest BCUT2D eigenvalue weighted by Gasteiger charge is -2.09. The van der Waals surface area contributed by atoms with Gasteiger partial charge in [0.2, 0.25) is 0 Å². The molecule has 1 nitrogen and oxygen atoms in total. The molecule has 0 saturated heterocycles. The summed E-state index contributed by atoms with van der Waals surface area (Å²) in [5.74, 6) is 0.295. The lowest BCUT2D eigenvalue weighted by atomic mass is 9.96. The Morgan fingerprint density at radius 1 is 1.17 bits per heavy atom. The summed E-state index contributed by atoms with van der Waals surface area (Å²) in [7, 11) is 0. The van der Waals surface area contributed by atoms with Crippen molar-refractivity contribution >= 4 is 5.78 Å². The Morgan fingerprint density at radius 3 is 3.00 bits per heavy atom. The molecule has 0 atom stereocenters. The third kappa shape index (κ3) is 1.40. The van der Waals surface area contributed by atoms with Crippen LogP contribution in [0.4, 0.5) is 0 Å². The first-order valence-electron chi connectivity index (χ1n) is 4.46. The fourth-order valence-electron chi connectivity index (χ4n) is 1.73. The minimum Gasteiger partial charge on any atom is -0.295 e. The van der Waals surface area contributed by atoms with Gasteiger partial charge in [-0.15, -0.1) is 0 Å². The van der Waals surface area contributed by atoms with Crippen LogP contribution in [0.1, 0.15) is 25.7 Å². The summed E-state index contributed by atoms with van der Waals surface area (Å²) >= 11 is 0. The Kier molecular flexibility index (Phi) is 1.94. The van der Waals surface area contributed by atoms with Gasteiger partial charge in [-0.25, -0.2) is 0 Å². The molecule has 2 aliphatic rings. The van der Waals surface area contributed by atoms with Crippen LogP contribution in [0.15, 0.2) is 35.5 Å². The molecule has 0 aromatic carbocycles. The molecule has 62 valence electrons. The molecule has 0 aliphatic heterocycles. The van der Waals surface area contributed by atoms with Gasteiger partial charge in [0.05, 0.1) is 0 Å². The minimum atomic E-state index is 0.295. The third-order valence-electron chi connectivity index (χ3n) is 2.39. The molecule has 0 aromatic rings. The highest BCUT2D eigenvalue weighted by Crippen LogP contribution is 2.27. The highest BCUT2D eigenvalue weighted by Gasteiger charge is 2.12. The molecule has 0 saturated carbocycles. The fraction of sp³-hybridized carbons (Fsp3) is 0.364. The van der Waals surface area contributed by atoms with E-state index in [1.54, 1.807) is 0 Å². The number of fused-ring (bicyclic) bond motifs is 1. The molecular weight excluding hydrogens is 148 g/mol. The average molecular weight is 160 g/mol. The van der Waals surface area contributed by atoms with Crippen molar-refractivity contribution in [3.05, 3.63) is 35.5 Å². The minimum absolute atomic E-state index is 0.295. The topological polar surface area (TPSA) is 17.1 Å². The van der Waals surface area contributed by atoms with Crippen molar-refractivity contribution in [1.29, 1.82) is 0 Å². The zero-order valence-electron chi connectivity index (χ0n) is 7.05. The molecule has 0 unspecified atom stereocenters. The lowest BCUT2D eigenvalue weighted by molar-refractivity contribution is -0.114. The van der Waals surface area contributed by atoms with E-state index in [4.69, 9.17) is 0 Å². The van der Waals surface area contributed by atoms with E-state index in [9.17, 15) is 4.79 Å². The van der Waals surface area contributed by atoms with Crippen molar-refractivity contribution in [2.24, 2.45) is 0 Å². The maximum atomic E-state index is 11.2. The van der Waals surface area contributed by atoms with E-state index in [1.165, 1.54) is 11.1 Å². The van der Waals surface area contributed by atoms with E-state index in [0.717, 1.165) is 25.7 Å². The Bertz CT molecular complexity index is 292. The maximum Gasteiger partial charge on any atom is 0.155 e. The van der Waals surface area contributed by atoms with E-state index in [2.05, 4.69) is 18.2 Å². The normalized spacial score (nSPS) is 22.5. The highest BCUT2D eigenvalue weighted by atomic mass is 16.1. The molecule has 0 heterocycles. The Hall–Kier alpha value is -1.11. The molecule has 0 radical (unpaired) electrons. The van der Waals surface area contributed by atoms with Gasteiger partial charge in [-0.05, 0) is 36.5 Å². The van der Waals surface area contributed by atoms with Crippen molar-refractivity contribution in [3.8, 4) is 0 Å². The predicted molar refractivity (Wildman–Crippen MR) is 48.8 cm³/mol. The SMILES string of the molecule is O=C1C=C2CC=CC=C2CCC1. The van der Waals surface area contributed by atoms with Crippen LogP contribution < -0.4 is 0 Å². The quantitative estimate of drug-likeness (QED) is 0.532. The molecule has 1 heteroatoms. The predicted octanol–water partition coefficient (Wildman–Crippen LogP) is 2.55. The monoisotopic (exact) mass is 160 g/mol. The molecule has 2 aliphatic carbocycles. The van der Waals surface area contributed by atoms with E-state index < -0.39 is 0 Å². The van der Waals surface area contributed by atoms with Gasteiger partial charge in [0.15, 0.2) is 5.78 Å². The standard InChI is InChI=1S/C11H12O/c12-11-7-3-6-9-4-1-2-5-10(9)8-11/h1-2,4,8H,3,5-7H2. The largest absolute Gasteiger partial charge is 0.295 e. The second kappa shape index (κ2) is 3.10. The number of carbonyl (C=O) groups excluding carboxylic acids is 1. The maximum absolute atomic E-state index is 11.2. The number of carbonyl (C=O) groups is 1. The first kappa shape index (κ1) is 7.53. The van der Waals surface area contributed by atoms with Crippen LogP contribution in [-0.4, -0.2) is 5.78 Å². The third-order valence-corrected chi connectivity index (χ3v) is 2.39. The van der Waals surface area contributed by atoms with Gasteiger partial charge < -0.3 is 0 Å². The summed E-state index contributed by atoms with van der Waals surface area (Å²) in [6, 6.07) is 0. The zero-order chi connectivity index (χ0) is 8.39. The number of ketones is 1. The van der Waals surface area contributed by atoms with Gasteiger partial charge >= 0.3 is 0 Å². The van der Waals surface area contributed by atoms with Gasteiger partial charge in [-0.2, -0.15) is 0 Å². The molecule has 0 spiro atoms. The lowest BCUT2D eigenvalue weighted by Crippen LogP contribution is -1.92. The molecule has 0 N–H and O–H groups in total. The molecule has 0 amide bonds. The van der Waals surface area contributed by atoms with Gasteiger partial charge in [-0.3, -0.25) is 4.79 Å². The highest BCUT2D eigenvalue weighted by molar-refractivity contribution is 5.91. The van der Waals surface area contributed by atoms with Gasteiger partial charge in [0.1, 0.15) is 0 Å². The summed E-state index contributed by atoms with van der Waals surface area (Å²) in [5.41, 5.74) is 2.60. The molecule has 0 aromatic heterocycles. The van der Waals surface area contributed by atoms with Gasteiger partial charge in [-0.1, -0.05) is 18.2 Å². The molecular formula is C11H12O. The van der Waals surface area contributed by atoms with Crippen molar-refractivity contribution in [3.63, 3.8) is 0 Å². The Balaban J connectivity index is 2.33. The van der Waals surface area contributed by atoms with Gasteiger partial charge in [0.25, 0.3) is 0 Å². The second-order valence-electron chi connectivity index (χ2n) is 3.31. The van der Waals surface area contributed by atoms with Crippen LogP contribution in [-0.2, 0) is 4.79 Å². The summed E-state index contributed by atoms with van der Waals surface area (Å²) in [5, 5.41) is 0. The number of hydrogen-bond acceptors (Lipinski definition) is 1. The van der Waals surface area contributed by atoms with Crippen LogP contribution in [0, 0.1) is 0 Å². The van der Waals surface area contributed by atoms with E-state index in [1.807, 2.05) is 6.08 Å². The van der Waals surface area contributed by atoms with Crippen molar-refractivity contribution in [2.75, 3.05) is 0 Å². The van der Waals surface area contributed by atoms with Crippen molar-refractivity contribution < 1.29 is 4.79 Å². The van der Waals surface area contributed by atoms with E-state index in [-0.39, 0.29) is 0 Å². The zero-order valence-corrected chi connectivity index (χ0v) is 7.05. The Morgan fingerprint density at radius 2 is 2.08 bits per heavy atom. The van der Waals surface area contributed by atoms with Crippen LogP contribution in [0.25, 0.3) is 0 Å². The average Bonchev–Trinajstić information content (AvgIpc) is 2.25. The van der Waals surface area contributed by atoms with Crippen molar-refractivity contribution in [2.45, 2.75) is 25.7 Å². The number of allylic oxidation sites excluding steroid dienone is 6. The van der Waals surface area contributed by atoms with Gasteiger partial charge in [0, 0.05) is 6.42 Å². The smallest absolute Gasteiger partial charge is 0.155 e. The van der Waals surface area contributed by atoms with Crippen molar-refractivity contribution in [1.82, 2.24) is 0 Å². The summed E-state index contributed by atoms with van der Waals surface area (Å²) in [4.78, 5) is 11.2. The summed E-state index contributed by atoms with van der Waals surface area (Å²) in [6.07, 6.45) is 11.9. The molecule has 2 rings (SSSR count). The van der Waals surface area contributed by atoms with Crippen LogP contribution >= 0.6 is 0 Å². The number of rotatable bonds is 0. The Labute approximate surface area is 72.5 Å². The van der Waals surface area contributed by atoms with E-state index >= 15 is 0 Å². The fourth-order valence-corrected chi connectivity index (χ4v) is 1.73. The molecule has 12 heavy (non-hydrogen) atoms.